The first kappa shape index (κ1) is 18.5. The fraction of sp³-hybridized carbons (Fsp3) is 0.176. The van der Waals surface area contributed by atoms with Crippen LogP contribution in [0, 0.1) is 0 Å². The van der Waals surface area contributed by atoms with Gasteiger partial charge in [0.15, 0.2) is 6.61 Å². The van der Waals surface area contributed by atoms with Crippen LogP contribution in [0.5, 0.6) is 11.5 Å². The van der Waals surface area contributed by atoms with E-state index in [0.29, 0.717) is 0 Å². The molecule has 1 fully saturated rings. The zero-order valence-electron chi connectivity index (χ0n) is 14.0. The fourth-order valence-electron chi connectivity index (χ4n) is 2.45. The summed E-state index contributed by atoms with van der Waals surface area (Å²) in [4.78, 5) is 22.2. The molecule has 1 saturated heterocycles. The number of benzene rings is 2. The largest absolute Gasteiger partial charge is 0.487 e. The van der Waals surface area contributed by atoms with Crippen molar-refractivity contribution in [1.82, 2.24) is 4.72 Å². The molecule has 9 nitrogen and oxygen atoms in total. The maximum absolute atomic E-state index is 12.1. The van der Waals surface area contributed by atoms with Gasteiger partial charge in [-0.3, -0.25) is 4.79 Å². The highest BCUT2D eigenvalue weighted by molar-refractivity contribution is 7.92. The van der Waals surface area contributed by atoms with E-state index in [0.717, 1.165) is 9.87 Å². The molecule has 142 valence electrons. The lowest BCUT2D eigenvalue weighted by Gasteiger charge is -2.20. The van der Waals surface area contributed by atoms with Gasteiger partial charge in [0.05, 0.1) is 5.69 Å². The normalized spacial score (nSPS) is 15.3. The number of carboxylic acids is 1. The fourth-order valence-corrected chi connectivity index (χ4v) is 3.61. The number of carbonyl (C=O) groups excluding carboxylic acids is 1. The molecule has 1 aliphatic rings. The SMILES string of the molecule is O=C(O)COc1ccc(N2CC(=O)NS2(=O)=O)c(OCc2ccccc2)c1. The van der Waals surface area contributed by atoms with Crippen LogP contribution in [0.25, 0.3) is 0 Å². The molecule has 0 aromatic heterocycles. The van der Waals surface area contributed by atoms with Crippen molar-refractivity contribution >= 4 is 27.8 Å². The van der Waals surface area contributed by atoms with E-state index < -0.39 is 28.7 Å². The zero-order valence-corrected chi connectivity index (χ0v) is 14.8. The number of anilines is 1. The highest BCUT2D eigenvalue weighted by atomic mass is 32.2. The van der Waals surface area contributed by atoms with Gasteiger partial charge in [-0.25, -0.2) is 13.8 Å². The molecular weight excluding hydrogens is 376 g/mol. The first-order chi connectivity index (χ1) is 12.8. The van der Waals surface area contributed by atoms with E-state index in [1.807, 2.05) is 35.1 Å². The molecule has 0 unspecified atom stereocenters. The van der Waals surface area contributed by atoms with E-state index in [1.165, 1.54) is 18.2 Å². The number of rotatable bonds is 7. The van der Waals surface area contributed by atoms with Gasteiger partial charge in [0.2, 0.25) is 0 Å². The van der Waals surface area contributed by atoms with Gasteiger partial charge < -0.3 is 14.6 Å². The van der Waals surface area contributed by atoms with Crippen LogP contribution in [0.3, 0.4) is 0 Å². The van der Waals surface area contributed by atoms with Crippen molar-refractivity contribution in [3.63, 3.8) is 0 Å². The molecule has 0 saturated carbocycles. The minimum atomic E-state index is -4.01. The Bertz CT molecular complexity index is 961. The second kappa shape index (κ2) is 7.54. The second-order valence-electron chi connectivity index (χ2n) is 5.62. The molecule has 0 bridgehead atoms. The van der Waals surface area contributed by atoms with Crippen LogP contribution in [0.2, 0.25) is 0 Å². The Labute approximate surface area is 155 Å². The summed E-state index contributed by atoms with van der Waals surface area (Å²) >= 11 is 0. The predicted octanol–water partition coefficient (Wildman–Crippen LogP) is 0.910. The molecular formula is C17H16N2O7S. The standard InChI is InChI=1S/C17H16N2O7S/c20-16-9-19(27(23,24)18-16)14-7-6-13(25-11-17(21)22)8-15(14)26-10-12-4-2-1-3-5-12/h1-8H,9-11H2,(H,18,20)(H,21,22). The quantitative estimate of drug-likeness (QED) is 0.718. The summed E-state index contributed by atoms with van der Waals surface area (Å²) in [6.07, 6.45) is 0. The van der Waals surface area contributed by atoms with Crippen molar-refractivity contribution < 1.29 is 32.6 Å². The summed E-state index contributed by atoms with van der Waals surface area (Å²) in [5.41, 5.74) is 0.991. The third-order valence-electron chi connectivity index (χ3n) is 3.62. The predicted molar refractivity (Wildman–Crippen MR) is 94.8 cm³/mol. The molecule has 0 atom stereocenters. The molecule has 27 heavy (non-hydrogen) atoms. The van der Waals surface area contributed by atoms with E-state index in [1.54, 1.807) is 0 Å². The van der Waals surface area contributed by atoms with Crippen molar-refractivity contribution in [2.75, 3.05) is 17.5 Å². The molecule has 2 aromatic carbocycles. The summed E-state index contributed by atoms with van der Waals surface area (Å²) in [5.74, 6) is -1.47. The van der Waals surface area contributed by atoms with Crippen LogP contribution in [-0.2, 0) is 26.4 Å². The molecule has 2 aromatic rings. The third kappa shape index (κ3) is 4.47. The summed E-state index contributed by atoms with van der Waals surface area (Å²) in [5, 5.41) is 8.73. The molecule has 0 aliphatic carbocycles. The summed E-state index contributed by atoms with van der Waals surface area (Å²) in [6.45, 7) is -0.787. The van der Waals surface area contributed by atoms with Gasteiger partial charge in [-0.15, -0.1) is 0 Å². The van der Waals surface area contributed by atoms with Gasteiger partial charge in [0.1, 0.15) is 24.7 Å². The van der Waals surface area contributed by atoms with E-state index in [4.69, 9.17) is 14.6 Å². The Morgan fingerprint density at radius 1 is 1.15 bits per heavy atom. The van der Waals surface area contributed by atoms with Gasteiger partial charge in [0.25, 0.3) is 5.91 Å². The Morgan fingerprint density at radius 2 is 1.89 bits per heavy atom. The first-order valence-corrected chi connectivity index (χ1v) is 9.28. The summed E-state index contributed by atoms with van der Waals surface area (Å²) < 4.78 is 37.9. The smallest absolute Gasteiger partial charge is 0.341 e. The summed E-state index contributed by atoms with van der Waals surface area (Å²) in [7, 11) is -4.01. The van der Waals surface area contributed by atoms with Gasteiger partial charge >= 0.3 is 16.2 Å². The van der Waals surface area contributed by atoms with E-state index in [9.17, 15) is 18.0 Å². The topological polar surface area (TPSA) is 122 Å². The Morgan fingerprint density at radius 3 is 2.52 bits per heavy atom. The maximum atomic E-state index is 12.1. The number of carbonyl (C=O) groups is 2. The van der Waals surface area contributed by atoms with Gasteiger partial charge in [-0.1, -0.05) is 30.3 Å². The van der Waals surface area contributed by atoms with Crippen molar-refractivity contribution in [1.29, 1.82) is 0 Å². The second-order valence-corrected chi connectivity index (χ2v) is 7.22. The molecule has 0 spiro atoms. The van der Waals surface area contributed by atoms with Crippen molar-refractivity contribution in [3.8, 4) is 11.5 Å². The number of carboxylic acid groups (broad SMARTS) is 1. The average Bonchev–Trinajstić information content (AvgIpc) is 2.91. The third-order valence-corrected chi connectivity index (χ3v) is 5.01. The summed E-state index contributed by atoms with van der Waals surface area (Å²) in [6, 6.07) is 13.4. The van der Waals surface area contributed by atoms with Gasteiger partial charge in [0, 0.05) is 6.07 Å². The van der Waals surface area contributed by atoms with Gasteiger partial charge in [-0.05, 0) is 17.7 Å². The van der Waals surface area contributed by atoms with Crippen molar-refractivity contribution in [2.24, 2.45) is 0 Å². The molecule has 3 rings (SSSR count). The minimum absolute atomic E-state index is 0.141. The van der Waals surface area contributed by atoms with E-state index >= 15 is 0 Å². The monoisotopic (exact) mass is 392 g/mol. The number of ether oxygens (including phenoxy) is 2. The number of hydrogen-bond acceptors (Lipinski definition) is 6. The van der Waals surface area contributed by atoms with Crippen molar-refractivity contribution in [2.45, 2.75) is 6.61 Å². The number of nitrogens with zero attached hydrogens (tertiary/aromatic N) is 1. The molecule has 0 radical (unpaired) electrons. The number of nitrogens with one attached hydrogen (secondary N) is 1. The van der Waals surface area contributed by atoms with Crippen LogP contribution in [-0.4, -0.2) is 38.6 Å². The zero-order chi connectivity index (χ0) is 19.4. The van der Waals surface area contributed by atoms with Crippen LogP contribution >= 0.6 is 0 Å². The van der Waals surface area contributed by atoms with Crippen LogP contribution < -0.4 is 18.5 Å². The van der Waals surface area contributed by atoms with E-state index in [2.05, 4.69) is 0 Å². The first-order valence-electron chi connectivity index (χ1n) is 7.84. The average molecular weight is 392 g/mol. The van der Waals surface area contributed by atoms with Crippen LogP contribution in [0.4, 0.5) is 5.69 Å². The molecule has 1 aliphatic heterocycles. The minimum Gasteiger partial charge on any atom is -0.487 e. The maximum Gasteiger partial charge on any atom is 0.341 e. The molecule has 1 heterocycles. The Hall–Kier alpha value is -3.27. The number of amides is 1. The lowest BCUT2D eigenvalue weighted by Crippen LogP contribution is -2.29. The number of aliphatic carboxylic acids is 1. The Kier molecular flexibility index (Phi) is 5.17. The lowest BCUT2D eigenvalue weighted by atomic mass is 10.2. The number of hydrogen-bond donors (Lipinski definition) is 2. The molecule has 2 N–H and O–H groups in total. The molecule has 10 heteroatoms. The highest BCUT2D eigenvalue weighted by Gasteiger charge is 2.35. The van der Waals surface area contributed by atoms with Gasteiger partial charge in [-0.2, -0.15) is 8.42 Å². The van der Waals surface area contributed by atoms with Crippen LogP contribution in [0.15, 0.2) is 48.5 Å². The van der Waals surface area contributed by atoms with Crippen LogP contribution in [0.1, 0.15) is 5.56 Å². The highest BCUT2D eigenvalue weighted by Crippen LogP contribution is 2.35. The Balaban J connectivity index is 1.91. The van der Waals surface area contributed by atoms with E-state index in [-0.39, 0.29) is 30.3 Å². The lowest BCUT2D eigenvalue weighted by molar-refractivity contribution is -0.139. The van der Waals surface area contributed by atoms with Crippen molar-refractivity contribution in [3.05, 3.63) is 54.1 Å². The molecule has 1 amide bonds.